The molecule has 0 spiro atoms. The molecule has 0 bridgehead atoms. The van der Waals surface area contributed by atoms with E-state index in [1.807, 2.05) is 26.0 Å². The number of aryl methyl sites for hydroxylation is 1. The maximum atomic E-state index is 13.6. The molecule has 0 aliphatic carbocycles. The first-order valence-corrected chi connectivity index (χ1v) is 14.3. The lowest BCUT2D eigenvalue weighted by molar-refractivity contribution is 0.0980. The van der Waals surface area contributed by atoms with Gasteiger partial charge in [0, 0.05) is 31.8 Å². The van der Waals surface area contributed by atoms with Crippen molar-refractivity contribution in [1.29, 1.82) is 0 Å². The predicted octanol–water partition coefficient (Wildman–Crippen LogP) is 3.92. The summed E-state index contributed by atoms with van der Waals surface area (Å²) in [6.45, 7) is 5.16. The number of pyridine rings is 1. The van der Waals surface area contributed by atoms with Gasteiger partial charge in [-0.3, -0.25) is 18.9 Å². The molecule has 1 fully saturated rings. The van der Waals surface area contributed by atoms with Crippen LogP contribution >= 0.6 is 23.5 Å². The number of benzene rings is 1. The third-order valence-corrected chi connectivity index (χ3v) is 7.31. The summed E-state index contributed by atoms with van der Waals surface area (Å²) in [4.78, 5) is 45.5. The first-order chi connectivity index (χ1) is 19.2. The van der Waals surface area contributed by atoms with E-state index in [4.69, 9.17) is 21.3 Å². The van der Waals surface area contributed by atoms with Crippen LogP contribution in [0.5, 0.6) is 5.75 Å². The molecule has 40 heavy (non-hydrogen) atoms. The highest BCUT2D eigenvalue weighted by Gasteiger charge is 2.28. The van der Waals surface area contributed by atoms with Crippen LogP contribution in [0.3, 0.4) is 0 Å². The van der Waals surface area contributed by atoms with Gasteiger partial charge < -0.3 is 15.0 Å². The highest BCUT2D eigenvalue weighted by atomic mass is 35.5. The van der Waals surface area contributed by atoms with Crippen LogP contribution in [-0.4, -0.2) is 55.9 Å². The lowest BCUT2D eigenvalue weighted by Crippen LogP contribution is -2.32. The van der Waals surface area contributed by atoms with Crippen LogP contribution in [0.4, 0.5) is 11.6 Å². The topological polar surface area (TPSA) is 127 Å². The first-order valence-electron chi connectivity index (χ1n) is 12.7. The van der Waals surface area contributed by atoms with Crippen molar-refractivity contribution in [3.63, 3.8) is 0 Å². The van der Waals surface area contributed by atoms with Crippen LogP contribution in [0.1, 0.15) is 41.0 Å². The Morgan fingerprint density at radius 2 is 2.00 bits per heavy atom. The van der Waals surface area contributed by atoms with E-state index < -0.39 is 0 Å². The first kappa shape index (κ1) is 27.7. The van der Waals surface area contributed by atoms with Gasteiger partial charge in [0.15, 0.2) is 11.4 Å². The molecule has 4 aromatic rings. The van der Waals surface area contributed by atoms with E-state index in [0.29, 0.717) is 41.4 Å². The number of anilines is 2. The van der Waals surface area contributed by atoms with Gasteiger partial charge in [-0.25, -0.2) is 19.9 Å². The van der Waals surface area contributed by atoms with E-state index in [9.17, 15) is 9.59 Å². The van der Waals surface area contributed by atoms with Gasteiger partial charge in [-0.05, 0) is 37.6 Å². The number of halogens is 1. The number of carbonyl (C=O) groups is 1. The van der Waals surface area contributed by atoms with Gasteiger partial charge in [-0.1, -0.05) is 29.6 Å². The standard InChI is InChI=1S/C27H29ClN8O3S/c1-15-9-19(16(2)31-21-5-6-22(28)32-24(21)25(37)34-40-4)23-20(10-15)26(38)35(3)27(33-23)36-8-7-17(13-36)39-18-11-29-14-30-12-18/h5-6,9-12,14,16-17,31H,7-8,13H2,1-4H3,(H,34,37). The fourth-order valence-corrected chi connectivity index (χ4v) is 5.31. The van der Waals surface area contributed by atoms with Crippen molar-refractivity contribution in [2.24, 2.45) is 7.05 Å². The Morgan fingerprint density at radius 3 is 2.75 bits per heavy atom. The molecule has 1 saturated heterocycles. The maximum Gasteiger partial charge on any atom is 0.281 e. The molecule has 0 radical (unpaired) electrons. The molecule has 1 aliphatic rings. The molecule has 4 heterocycles. The predicted molar refractivity (Wildman–Crippen MR) is 157 cm³/mol. The largest absolute Gasteiger partial charge is 0.485 e. The van der Waals surface area contributed by atoms with Gasteiger partial charge in [0.25, 0.3) is 11.5 Å². The number of ether oxygens (including phenoxy) is 1. The summed E-state index contributed by atoms with van der Waals surface area (Å²) in [5.74, 6) is 0.814. The number of hydrogen-bond donors (Lipinski definition) is 2. The van der Waals surface area contributed by atoms with Crippen molar-refractivity contribution in [1.82, 2.24) is 29.2 Å². The summed E-state index contributed by atoms with van der Waals surface area (Å²) in [7, 11) is 1.74. The van der Waals surface area contributed by atoms with Crippen LogP contribution in [0.15, 0.2) is 47.8 Å². The Labute approximate surface area is 240 Å². The molecule has 5 rings (SSSR count). The summed E-state index contributed by atoms with van der Waals surface area (Å²) < 4.78 is 10.3. The molecule has 3 aromatic heterocycles. The van der Waals surface area contributed by atoms with Gasteiger partial charge in [-0.15, -0.1) is 0 Å². The number of nitrogens with one attached hydrogen (secondary N) is 2. The molecule has 2 atom stereocenters. The van der Waals surface area contributed by atoms with Gasteiger partial charge in [0.05, 0.1) is 41.6 Å². The number of carbonyl (C=O) groups excluding carboxylic acids is 1. The lowest BCUT2D eigenvalue weighted by atomic mass is 10.0. The van der Waals surface area contributed by atoms with Gasteiger partial charge >= 0.3 is 0 Å². The van der Waals surface area contributed by atoms with E-state index in [2.05, 4.69) is 29.9 Å². The summed E-state index contributed by atoms with van der Waals surface area (Å²) in [6, 6.07) is 6.90. The van der Waals surface area contributed by atoms with Crippen LogP contribution in [0.2, 0.25) is 5.15 Å². The molecule has 11 nitrogen and oxygen atoms in total. The third kappa shape index (κ3) is 5.68. The Balaban J connectivity index is 1.49. The molecule has 13 heteroatoms. The monoisotopic (exact) mass is 580 g/mol. The lowest BCUT2D eigenvalue weighted by Gasteiger charge is -2.23. The van der Waals surface area contributed by atoms with Crippen molar-refractivity contribution in [3.8, 4) is 5.75 Å². The molecule has 1 aromatic carbocycles. The molecule has 2 unspecified atom stereocenters. The van der Waals surface area contributed by atoms with Crippen molar-refractivity contribution in [2.75, 3.05) is 29.6 Å². The van der Waals surface area contributed by atoms with Crippen molar-refractivity contribution >= 4 is 52.0 Å². The summed E-state index contributed by atoms with van der Waals surface area (Å²) >= 11 is 7.27. The normalized spacial score (nSPS) is 15.7. The number of nitrogens with zero attached hydrogens (tertiary/aromatic N) is 6. The van der Waals surface area contributed by atoms with Gasteiger partial charge in [0.1, 0.15) is 17.6 Å². The van der Waals surface area contributed by atoms with E-state index in [1.54, 1.807) is 42.4 Å². The van der Waals surface area contributed by atoms with E-state index in [1.165, 1.54) is 18.3 Å². The minimum Gasteiger partial charge on any atom is -0.485 e. The summed E-state index contributed by atoms with van der Waals surface area (Å²) in [6.07, 6.45) is 7.17. The minimum atomic E-state index is -0.360. The third-order valence-electron chi connectivity index (χ3n) is 6.71. The molecule has 1 aliphatic heterocycles. The fourth-order valence-electron chi connectivity index (χ4n) is 4.88. The molecule has 208 valence electrons. The Morgan fingerprint density at radius 1 is 1.23 bits per heavy atom. The Kier molecular flexibility index (Phi) is 8.08. The zero-order valence-corrected chi connectivity index (χ0v) is 24.1. The van der Waals surface area contributed by atoms with E-state index >= 15 is 0 Å². The number of aromatic nitrogens is 5. The zero-order chi connectivity index (χ0) is 28.4. The molecule has 2 N–H and O–H groups in total. The smallest absolute Gasteiger partial charge is 0.281 e. The molecular weight excluding hydrogens is 552 g/mol. The second-order valence-electron chi connectivity index (χ2n) is 9.61. The maximum absolute atomic E-state index is 13.6. The minimum absolute atomic E-state index is 0.0834. The van der Waals surface area contributed by atoms with Crippen LogP contribution in [0, 0.1) is 6.92 Å². The average Bonchev–Trinajstić information content (AvgIpc) is 3.40. The van der Waals surface area contributed by atoms with Gasteiger partial charge in [-0.2, -0.15) is 0 Å². The van der Waals surface area contributed by atoms with Crippen molar-refractivity contribution < 1.29 is 9.53 Å². The van der Waals surface area contributed by atoms with Crippen LogP contribution in [0.25, 0.3) is 10.9 Å². The number of fused-ring (bicyclic) bond motifs is 1. The summed E-state index contributed by atoms with van der Waals surface area (Å²) in [5.41, 5.74) is 2.92. The van der Waals surface area contributed by atoms with Crippen LogP contribution in [-0.2, 0) is 7.05 Å². The van der Waals surface area contributed by atoms with Gasteiger partial charge in [0.2, 0.25) is 5.95 Å². The fraction of sp³-hybridized carbons (Fsp3) is 0.333. The number of hydrogen-bond acceptors (Lipinski definition) is 10. The van der Waals surface area contributed by atoms with E-state index in [0.717, 1.165) is 17.5 Å². The number of amides is 1. The second-order valence-corrected chi connectivity index (χ2v) is 10.6. The van der Waals surface area contributed by atoms with E-state index in [-0.39, 0.29) is 34.5 Å². The molecule has 1 amide bonds. The Hall–Kier alpha value is -3.90. The highest BCUT2D eigenvalue weighted by molar-refractivity contribution is 7.97. The quantitative estimate of drug-likeness (QED) is 0.234. The second kappa shape index (κ2) is 11.7. The highest BCUT2D eigenvalue weighted by Crippen LogP contribution is 2.30. The van der Waals surface area contributed by atoms with Crippen molar-refractivity contribution in [2.45, 2.75) is 32.4 Å². The van der Waals surface area contributed by atoms with Crippen LogP contribution < -0.4 is 25.2 Å². The average molecular weight is 581 g/mol. The van der Waals surface area contributed by atoms with Crippen molar-refractivity contribution in [3.05, 3.63) is 75.3 Å². The molecular formula is C27H29ClN8O3S. The zero-order valence-electron chi connectivity index (χ0n) is 22.5. The summed E-state index contributed by atoms with van der Waals surface area (Å²) in [5, 5.41) is 4.13. The molecule has 0 saturated carbocycles. The number of rotatable bonds is 8. The Bertz CT molecular complexity index is 1620. The SMILES string of the molecule is CSNC(=O)c1nc(Cl)ccc1NC(C)c1cc(C)cc2c(=O)n(C)c(N3CCC(Oc4cncnc4)C3)nc12.